The van der Waals surface area contributed by atoms with Gasteiger partial charge in [-0.1, -0.05) is 0 Å². The first-order valence-electron chi connectivity index (χ1n) is 6.17. The zero-order chi connectivity index (χ0) is 13.6. The summed E-state index contributed by atoms with van der Waals surface area (Å²) in [5.41, 5.74) is 0. The maximum atomic E-state index is 12.7. The molecule has 2 atom stereocenters. The molecule has 2 unspecified atom stereocenters. The lowest BCUT2D eigenvalue weighted by atomic mass is 9.94. The molecule has 2 aliphatic rings. The van der Waals surface area contributed by atoms with Crippen molar-refractivity contribution in [3.63, 3.8) is 0 Å². The van der Waals surface area contributed by atoms with Gasteiger partial charge in [0.15, 0.2) is 0 Å². The van der Waals surface area contributed by atoms with Crippen LogP contribution in [0.1, 0.15) is 12.8 Å². The highest BCUT2D eigenvalue weighted by atomic mass is 79.9. The van der Waals surface area contributed by atoms with E-state index in [4.69, 9.17) is 0 Å². The molecule has 8 heteroatoms. The van der Waals surface area contributed by atoms with Crippen molar-refractivity contribution in [2.45, 2.75) is 23.8 Å². The second-order valence-electron chi connectivity index (χ2n) is 4.97. The first-order chi connectivity index (χ1) is 8.98. The van der Waals surface area contributed by atoms with Crippen LogP contribution < -0.4 is 5.32 Å². The van der Waals surface area contributed by atoms with E-state index >= 15 is 0 Å². The summed E-state index contributed by atoms with van der Waals surface area (Å²) in [4.78, 5) is 0.378. The predicted molar refractivity (Wildman–Crippen MR) is 83.0 cm³/mol. The fraction of sp³-hybridized carbons (Fsp3) is 0.636. The minimum atomic E-state index is -3.38. The SMILES string of the molecule is O=S(=O)(c1cc(Br)sc1Br)N1CC2CCCNC2C1. The number of rotatable bonds is 2. The van der Waals surface area contributed by atoms with Crippen molar-refractivity contribution in [2.75, 3.05) is 19.6 Å². The molecule has 3 rings (SSSR count). The van der Waals surface area contributed by atoms with Gasteiger partial charge in [-0.2, -0.15) is 4.31 Å². The Morgan fingerprint density at radius 3 is 2.79 bits per heavy atom. The molecule has 3 heterocycles. The Balaban J connectivity index is 1.87. The number of hydrogen-bond donors (Lipinski definition) is 1. The molecule has 0 aromatic carbocycles. The average molecular weight is 430 g/mol. The first-order valence-corrected chi connectivity index (χ1v) is 10.0. The number of nitrogens with one attached hydrogen (secondary N) is 1. The second-order valence-corrected chi connectivity index (χ2v) is 10.6. The lowest BCUT2D eigenvalue weighted by Crippen LogP contribution is -2.41. The fourth-order valence-electron chi connectivity index (χ4n) is 2.84. The molecule has 19 heavy (non-hydrogen) atoms. The van der Waals surface area contributed by atoms with Gasteiger partial charge in [0.2, 0.25) is 10.0 Å². The highest BCUT2D eigenvalue weighted by Crippen LogP contribution is 2.38. The summed E-state index contributed by atoms with van der Waals surface area (Å²) in [5.74, 6) is 0.462. The Morgan fingerprint density at radius 1 is 1.37 bits per heavy atom. The van der Waals surface area contributed by atoms with Crippen molar-refractivity contribution >= 4 is 53.2 Å². The van der Waals surface area contributed by atoms with Gasteiger partial charge in [-0.25, -0.2) is 8.42 Å². The lowest BCUT2D eigenvalue weighted by Gasteiger charge is -2.24. The van der Waals surface area contributed by atoms with E-state index < -0.39 is 10.0 Å². The molecule has 106 valence electrons. The molecule has 1 aromatic rings. The number of piperidine rings is 1. The minimum absolute atomic E-state index is 0.323. The van der Waals surface area contributed by atoms with Crippen LogP contribution in [0, 0.1) is 5.92 Å². The molecule has 2 fully saturated rings. The Morgan fingerprint density at radius 2 is 2.16 bits per heavy atom. The van der Waals surface area contributed by atoms with Crippen LogP contribution >= 0.6 is 43.2 Å². The molecule has 0 radical (unpaired) electrons. The summed E-state index contributed by atoms with van der Waals surface area (Å²) in [7, 11) is -3.38. The Kier molecular flexibility index (Phi) is 4.10. The van der Waals surface area contributed by atoms with Crippen molar-refractivity contribution < 1.29 is 8.42 Å². The van der Waals surface area contributed by atoms with Gasteiger partial charge >= 0.3 is 0 Å². The Hall–Kier alpha value is 0.530. The normalized spacial score (nSPS) is 28.5. The second kappa shape index (κ2) is 5.38. The van der Waals surface area contributed by atoms with Gasteiger partial charge in [0.1, 0.15) is 4.90 Å². The summed E-state index contributed by atoms with van der Waals surface area (Å²) in [6.07, 6.45) is 2.26. The molecule has 0 saturated carbocycles. The number of sulfonamides is 1. The van der Waals surface area contributed by atoms with Crippen molar-refractivity contribution in [3.8, 4) is 0 Å². The quantitative estimate of drug-likeness (QED) is 0.786. The summed E-state index contributed by atoms with van der Waals surface area (Å²) < 4.78 is 28.5. The van der Waals surface area contributed by atoms with Crippen molar-refractivity contribution in [2.24, 2.45) is 5.92 Å². The largest absolute Gasteiger partial charge is 0.312 e. The van der Waals surface area contributed by atoms with Crippen LogP contribution in [0.5, 0.6) is 0 Å². The van der Waals surface area contributed by atoms with Gasteiger partial charge in [0.25, 0.3) is 0 Å². The third-order valence-electron chi connectivity index (χ3n) is 3.81. The van der Waals surface area contributed by atoms with Gasteiger partial charge in [-0.05, 0) is 63.2 Å². The van der Waals surface area contributed by atoms with E-state index in [0.29, 0.717) is 33.7 Å². The van der Waals surface area contributed by atoms with Crippen LogP contribution in [0.15, 0.2) is 18.5 Å². The van der Waals surface area contributed by atoms with E-state index in [2.05, 4.69) is 37.2 Å². The molecule has 0 spiro atoms. The van der Waals surface area contributed by atoms with Crippen molar-refractivity contribution in [3.05, 3.63) is 13.6 Å². The van der Waals surface area contributed by atoms with E-state index in [9.17, 15) is 8.42 Å². The highest BCUT2D eigenvalue weighted by molar-refractivity contribution is 9.12. The minimum Gasteiger partial charge on any atom is -0.312 e. The van der Waals surface area contributed by atoms with Crippen LogP contribution in [0.4, 0.5) is 0 Å². The van der Waals surface area contributed by atoms with Crippen LogP contribution in [-0.4, -0.2) is 38.4 Å². The van der Waals surface area contributed by atoms with Crippen LogP contribution in [0.2, 0.25) is 0 Å². The highest BCUT2D eigenvalue weighted by Gasteiger charge is 2.41. The molecule has 2 saturated heterocycles. The number of nitrogens with zero attached hydrogens (tertiary/aromatic N) is 1. The van der Waals surface area contributed by atoms with Gasteiger partial charge in [-0.3, -0.25) is 0 Å². The Bertz CT molecular complexity index is 574. The van der Waals surface area contributed by atoms with Gasteiger partial charge in [-0.15, -0.1) is 11.3 Å². The summed E-state index contributed by atoms with van der Waals surface area (Å²) in [6.45, 7) is 2.23. The summed E-state index contributed by atoms with van der Waals surface area (Å²) in [5, 5.41) is 3.43. The smallest absolute Gasteiger partial charge is 0.245 e. The van der Waals surface area contributed by atoms with Crippen LogP contribution in [-0.2, 0) is 10.0 Å². The number of halogens is 2. The third-order valence-corrected chi connectivity index (χ3v) is 8.40. The number of hydrogen-bond acceptors (Lipinski definition) is 4. The Labute approximate surface area is 133 Å². The molecule has 1 N–H and O–H groups in total. The molecule has 0 aliphatic carbocycles. The van der Waals surface area contributed by atoms with Crippen molar-refractivity contribution in [1.82, 2.24) is 9.62 Å². The summed E-state index contributed by atoms with van der Waals surface area (Å²) in [6, 6.07) is 2.00. The fourth-order valence-corrected chi connectivity index (χ4v) is 8.13. The maximum Gasteiger partial charge on any atom is 0.245 e. The molecule has 4 nitrogen and oxygen atoms in total. The number of fused-ring (bicyclic) bond motifs is 1. The standard InChI is InChI=1S/C11H14Br2N2O2S2/c12-10-4-9(11(13)18-10)19(16,17)15-5-7-2-1-3-14-8(7)6-15/h4,7-8,14H,1-3,5-6H2. The molecule has 2 aliphatic heterocycles. The molecule has 0 bridgehead atoms. The molecular formula is C11H14Br2N2O2S2. The van der Waals surface area contributed by atoms with E-state index in [-0.39, 0.29) is 0 Å². The molecule has 1 aromatic heterocycles. The maximum absolute atomic E-state index is 12.7. The third kappa shape index (κ3) is 2.67. The average Bonchev–Trinajstić information content (AvgIpc) is 2.92. The molecule has 0 amide bonds. The predicted octanol–water partition coefficient (Wildman–Crippen LogP) is 2.65. The molecular weight excluding hydrogens is 416 g/mol. The van der Waals surface area contributed by atoms with Crippen LogP contribution in [0.3, 0.4) is 0 Å². The number of thiophene rings is 1. The zero-order valence-electron chi connectivity index (χ0n) is 10.1. The van der Waals surface area contributed by atoms with Gasteiger partial charge < -0.3 is 5.32 Å². The monoisotopic (exact) mass is 428 g/mol. The topological polar surface area (TPSA) is 49.4 Å². The lowest BCUT2D eigenvalue weighted by molar-refractivity contribution is 0.339. The summed E-state index contributed by atoms with van der Waals surface area (Å²) >= 11 is 8.07. The first kappa shape index (κ1) is 14.5. The van der Waals surface area contributed by atoms with E-state index in [1.54, 1.807) is 10.4 Å². The van der Waals surface area contributed by atoms with Gasteiger partial charge in [0, 0.05) is 19.1 Å². The van der Waals surface area contributed by atoms with Gasteiger partial charge in [0.05, 0.1) is 7.57 Å². The van der Waals surface area contributed by atoms with E-state index in [0.717, 1.165) is 23.2 Å². The zero-order valence-corrected chi connectivity index (χ0v) is 14.9. The van der Waals surface area contributed by atoms with E-state index in [1.165, 1.54) is 11.3 Å². The van der Waals surface area contributed by atoms with E-state index in [1.807, 2.05) is 0 Å². The van der Waals surface area contributed by atoms with Crippen molar-refractivity contribution in [1.29, 1.82) is 0 Å². The van der Waals surface area contributed by atoms with Crippen LogP contribution in [0.25, 0.3) is 0 Å².